The molecule has 0 aromatic heterocycles. The number of fused-ring (bicyclic) bond motifs is 1. The van der Waals surface area contributed by atoms with Gasteiger partial charge in [-0.15, -0.1) is 0 Å². The zero-order valence-electron chi connectivity index (χ0n) is 20.5. The number of benzene rings is 4. The van der Waals surface area contributed by atoms with Gasteiger partial charge >= 0.3 is 0 Å². The quantitative estimate of drug-likeness (QED) is 0.332. The monoisotopic (exact) mass is 513 g/mol. The van der Waals surface area contributed by atoms with Crippen molar-refractivity contribution >= 4 is 26.7 Å². The van der Waals surface area contributed by atoms with Crippen LogP contribution in [0.25, 0.3) is 10.8 Å². The van der Waals surface area contributed by atoms with E-state index >= 15 is 0 Å². The molecule has 1 amide bonds. The van der Waals surface area contributed by atoms with Gasteiger partial charge in [0.15, 0.2) is 0 Å². The Kier molecular flexibility index (Phi) is 7.65. The maximum Gasteiger partial charge on any atom is 0.240 e. The van der Waals surface area contributed by atoms with Crippen molar-refractivity contribution < 1.29 is 13.2 Å². The van der Waals surface area contributed by atoms with Crippen LogP contribution in [0.1, 0.15) is 23.5 Å². The molecule has 0 saturated carbocycles. The third-order valence-electron chi connectivity index (χ3n) is 6.96. The summed E-state index contributed by atoms with van der Waals surface area (Å²) in [4.78, 5) is 13.4. The smallest absolute Gasteiger partial charge is 0.240 e. The lowest BCUT2D eigenvalue weighted by atomic mass is 9.90. The fraction of sp³-hybridized carbons (Fsp3) is 0.233. The van der Waals surface area contributed by atoms with E-state index in [-0.39, 0.29) is 28.7 Å². The van der Waals surface area contributed by atoms with E-state index in [0.29, 0.717) is 26.1 Å². The normalized spacial score (nSPS) is 18.1. The van der Waals surface area contributed by atoms with E-state index < -0.39 is 10.0 Å². The van der Waals surface area contributed by atoms with Crippen molar-refractivity contribution in [3.05, 3.63) is 114 Å². The Balaban J connectivity index is 1.23. The summed E-state index contributed by atoms with van der Waals surface area (Å²) in [6, 6.07) is 32.7. The number of piperidine rings is 1. The lowest BCUT2D eigenvalue weighted by Gasteiger charge is -2.30. The van der Waals surface area contributed by atoms with Crippen molar-refractivity contribution in [3.63, 3.8) is 0 Å². The molecular formula is C30H31N3O3S. The maximum absolute atomic E-state index is 13.2. The van der Waals surface area contributed by atoms with Crippen molar-refractivity contribution in [2.45, 2.75) is 23.3 Å². The van der Waals surface area contributed by atoms with Crippen LogP contribution in [-0.2, 0) is 14.8 Å². The van der Waals surface area contributed by atoms with E-state index in [2.05, 4.69) is 39.6 Å². The van der Waals surface area contributed by atoms with Crippen LogP contribution in [0.3, 0.4) is 0 Å². The van der Waals surface area contributed by atoms with Crippen LogP contribution in [0, 0.1) is 5.92 Å². The molecule has 0 radical (unpaired) electrons. The standard InChI is InChI=1S/C30H31N3O3S/c34-30(32-21-29(23-10-3-1-4-11-23)24-12-5-2-6-13-24)26-17-27(20-31-19-26)33-37(35,36)28-16-15-22-9-7-8-14-25(22)18-28/h1-16,18,26-27,29,31,33H,17,19-21H2,(H,32,34)/t26-,27+/m0/s1. The van der Waals surface area contributed by atoms with Crippen LogP contribution in [-0.4, -0.2) is 40.0 Å². The van der Waals surface area contributed by atoms with Gasteiger partial charge in [0, 0.05) is 31.6 Å². The van der Waals surface area contributed by atoms with Crippen molar-refractivity contribution in [2.24, 2.45) is 5.92 Å². The Hall–Kier alpha value is -3.52. The summed E-state index contributed by atoms with van der Waals surface area (Å²) in [5.41, 5.74) is 2.27. The van der Waals surface area contributed by atoms with Gasteiger partial charge in [-0.1, -0.05) is 91.0 Å². The molecule has 7 heteroatoms. The summed E-state index contributed by atoms with van der Waals surface area (Å²) in [6.07, 6.45) is 0.437. The lowest BCUT2D eigenvalue weighted by Crippen LogP contribution is -2.52. The number of carbonyl (C=O) groups excluding carboxylic acids is 1. The van der Waals surface area contributed by atoms with Crippen molar-refractivity contribution in [1.82, 2.24) is 15.4 Å². The molecule has 0 bridgehead atoms. The summed E-state index contributed by atoms with van der Waals surface area (Å²) in [5.74, 6) is -0.366. The van der Waals surface area contributed by atoms with Crippen LogP contribution in [0.5, 0.6) is 0 Å². The molecule has 37 heavy (non-hydrogen) atoms. The van der Waals surface area contributed by atoms with Gasteiger partial charge in [-0.05, 0) is 40.5 Å². The first kappa shape index (κ1) is 25.1. The van der Waals surface area contributed by atoms with Gasteiger partial charge in [0.2, 0.25) is 15.9 Å². The number of hydrogen-bond acceptors (Lipinski definition) is 4. The van der Waals surface area contributed by atoms with E-state index in [1.165, 1.54) is 0 Å². The highest BCUT2D eigenvalue weighted by Gasteiger charge is 2.30. The Labute approximate surface area is 218 Å². The first-order valence-electron chi connectivity index (χ1n) is 12.6. The summed E-state index contributed by atoms with van der Waals surface area (Å²) in [5, 5.41) is 8.22. The van der Waals surface area contributed by atoms with Gasteiger partial charge in [0.05, 0.1) is 10.8 Å². The molecule has 1 aliphatic heterocycles. The predicted octanol–water partition coefficient (Wildman–Crippen LogP) is 4.04. The SMILES string of the molecule is O=C(NCC(c1ccccc1)c1ccccc1)[C@@H]1CNC[C@H](NS(=O)(=O)c2ccc3ccccc3c2)C1. The van der Waals surface area contributed by atoms with Gasteiger partial charge in [-0.25, -0.2) is 13.1 Å². The Bertz CT molecular complexity index is 1420. The molecule has 5 rings (SSSR count). The number of rotatable bonds is 8. The van der Waals surface area contributed by atoms with Gasteiger partial charge in [0.1, 0.15) is 0 Å². The average Bonchev–Trinajstić information content (AvgIpc) is 2.94. The molecule has 1 aliphatic rings. The zero-order valence-corrected chi connectivity index (χ0v) is 21.3. The van der Waals surface area contributed by atoms with Crippen LogP contribution < -0.4 is 15.4 Å². The number of carbonyl (C=O) groups is 1. The molecule has 0 unspecified atom stereocenters. The molecule has 2 atom stereocenters. The molecular weight excluding hydrogens is 482 g/mol. The third-order valence-corrected chi connectivity index (χ3v) is 8.48. The first-order chi connectivity index (χ1) is 18.0. The van der Waals surface area contributed by atoms with Crippen LogP contribution in [0.4, 0.5) is 0 Å². The molecule has 0 aliphatic carbocycles. The summed E-state index contributed by atoms with van der Waals surface area (Å²) in [7, 11) is -3.72. The molecule has 3 N–H and O–H groups in total. The fourth-order valence-electron chi connectivity index (χ4n) is 5.00. The molecule has 4 aromatic rings. The van der Waals surface area contributed by atoms with Gasteiger partial charge in [0.25, 0.3) is 0 Å². The highest BCUT2D eigenvalue weighted by molar-refractivity contribution is 7.89. The molecule has 1 heterocycles. The minimum Gasteiger partial charge on any atom is -0.355 e. The second kappa shape index (κ2) is 11.3. The molecule has 1 saturated heterocycles. The van der Waals surface area contributed by atoms with Gasteiger partial charge in [-0.3, -0.25) is 4.79 Å². The Morgan fingerprint density at radius 2 is 1.43 bits per heavy atom. The molecule has 1 fully saturated rings. The highest BCUT2D eigenvalue weighted by atomic mass is 32.2. The van der Waals surface area contributed by atoms with E-state index in [9.17, 15) is 13.2 Å². The fourth-order valence-corrected chi connectivity index (χ4v) is 6.28. The maximum atomic E-state index is 13.2. The minimum atomic E-state index is -3.72. The molecule has 6 nitrogen and oxygen atoms in total. The highest BCUT2D eigenvalue weighted by Crippen LogP contribution is 2.24. The third kappa shape index (κ3) is 6.07. The van der Waals surface area contributed by atoms with E-state index in [1.807, 2.05) is 66.7 Å². The number of hydrogen-bond donors (Lipinski definition) is 3. The van der Waals surface area contributed by atoms with Crippen LogP contribution in [0.2, 0.25) is 0 Å². The van der Waals surface area contributed by atoms with Gasteiger partial charge < -0.3 is 10.6 Å². The number of sulfonamides is 1. The predicted molar refractivity (Wildman–Crippen MR) is 147 cm³/mol. The molecule has 190 valence electrons. The lowest BCUT2D eigenvalue weighted by molar-refractivity contribution is -0.125. The Morgan fingerprint density at radius 1 is 0.811 bits per heavy atom. The van der Waals surface area contributed by atoms with Crippen LogP contribution >= 0.6 is 0 Å². The zero-order chi connectivity index (χ0) is 25.7. The minimum absolute atomic E-state index is 0.0325. The van der Waals surface area contributed by atoms with Crippen molar-refractivity contribution in [3.8, 4) is 0 Å². The summed E-state index contributed by atoms with van der Waals surface area (Å²) < 4.78 is 29.0. The first-order valence-corrected chi connectivity index (χ1v) is 14.1. The average molecular weight is 514 g/mol. The topological polar surface area (TPSA) is 87.3 Å². The summed E-state index contributed by atoms with van der Waals surface area (Å²) in [6.45, 7) is 1.46. The second-order valence-corrected chi connectivity index (χ2v) is 11.3. The van der Waals surface area contributed by atoms with Crippen molar-refractivity contribution in [2.75, 3.05) is 19.6 Å². The van der Waals surface area contributed by atoms with Crippen molar-refractivity contribution in [1.29, 1.82) is 0 Å². The van der Waals surface area contributed by atoms with Crippen LogP contribution in [0.15, 0.2) is 108 Å². The summed E-state index contributed by atoms with van der Waals surface area (Å²) >= 11 is 0. The molecule has 4 aromatic carbocycles. The van der Waals surface area contributed by atoms with E-state index in [1.54, 1.807) is 12.1 Å². The van der Waals surface area contributed by atoms with E-state index in [0.717, 1.165) is 21.9 Å². The number of nitrogens with one attached hydrogen (secondary N) is 3. The van der Waals surface area contributed by atoms with Gasteiger partial charge in [-0.2, -0.15) is 0 Å². The second-order valence-electron chi connectivity index (χ2n) is 9.54. The molecule has 0 spiro atoms. The largest absolute Gasteiger partial charge is 0.355 e. The van der Waals surface area contributed by atoms with E-state index in [4.69, 9.17) is 0 Å². The Morgan fingerprint density at radius 3 is 2.11 bits per heavy atom. The number of amides is 1.